The number of carbonyl (C=O) groups is 1. The van der Waals surface area contributed by atoms with E-state index in [1.807, 2.05) is 4.90 Å². The van der Waals surface area contributed by atoms with Crippen LogP contribution >= 0.6 is 0 Å². The third kappa shape index (κ3) is 3.54. The Hall–Kier alpha value is -2.59. The summed E-state index contributed by atoms with van der Waals surface area (Å²) in [5, 5.41) is 16.9. The van der Waals surface area contributed by atoms with Crippen LogP contribution < -0.4 is 5.32 Å². The van der Waals surface area contributed by atoms with Crippen LogP contribution in [-0.4, -0.2) is 50.3 Å². The smallest absolute Gasteiger partial charge is 0.408 e. The molecule has 8 nitrogen and oxygen atoms in total. The minimum atomic E-state index is -4.46. The van der Waals surface area contributed by atoms with Gasteiger partial charge in [0.15, 0.2) is 0 Å². The Labute approximate surface area is 170 Å². The predicted octanol–water partition coefficient (Wildman–Crippen LogP) is 3.29. The number of likely N-dealkylation sites (tertiary alicyclic amines) is 1. The molecule has 0 radical (unpaired) electrons. The highest BCUT2D eigenvalue weighted by molar-refractivity contribution is 5.83. The number of rotatable bonds is 5. The van der Waals surface area contributed by atoms with Crippen molar-refractivity contribution in [2.75, 3.05) is 18.4 Å². The fourth-order valence-electron chi connectivity index (χ4n) is 4.42. The van der Waals surface area contributed by atoms with Crippen molar-refractivity contribution in [1.82, 2.24) is 25.3 Å². The van der Waals surface area contributed by atoms with Crippen LogP contribution in [0.3, 0.4) is 0 Å². The average molecular weight is 424 g/mol. The Bertz CT molecular complexity index is 940. The van der Waals surface area contributed by atoms with Crippen LogP contribution in [0.4, 0.5) is 19.2 Å². The van der Waals surface area contributed by atoms with E-state index in [4.69, 9.17) is 4.42 Å². The van der Waals surface area contributed by atoms with Crippen molar-refractivity contribution in [1.29, 1.82) is 0 Å². The number of amides is 1. The van der Waals surface area contributed by atoms with Crippen molar-refractivity contribution >= 4 is 11.9 Å². The zero-order valence-corrected chi connectivity index (χ0v) is 16.5. The fourth-order valence-corrected chi connectivity index (χ4v) is 4.42. The lowest BCUT2D eigenvalue weighted by molar-refractivity contribution is -0.138. The highest BCUT2D eigenvalue weighted by Crippen LogP contribution is 2.56. The van der Waals surface area contributed by atoms with Gasteiger partial charge in [0.1, 0.15) is 6.04 Å². The first-order valence-electron chi connectivity index (χ1n) is 10.3. The van der Waals surface area contributed by atoms with Crippen molar-refractivity contribution in [2.24, 2.45) is 5.41 Å². The minimum Gasteiger partial charge on any atom is -0.408 e. The summed E-state index contributed by atoms with van der Waals surface area (Å²) in [6.07, 6.45) is 1.54. The van der Waals surface area contributed by atoms with E-state index in [1.54, 1.807) is 6.92 Å². The molecule has 2 aromatic heterocycles. The van der Waals surface area contributed by atoms with E-state index in [0.717, 1.165) is 32.1 Å². The van der Waals surface area contributed by atoms with Crippen LogP contribution in [0.5, 0.6) is 0 Å². The maximum atomic E-state index is 13.1. The van der Waals surface area contributed by atoms with E-state index in [0.29, 0.717) is 11.8 Å². The zero-order chi connectivity index (χ0) is 21.1. The first-order chi connectivity index (χ1) is 14.3. The lowest BCUT2D eigenvalue weighted by Gasteiger charge is -2.33. The summed E-state index contributed by atoms with van der Waals surface area (Å²) < 4.78 is 44.8. The number of nitrogens with zero attached hydrogens (tertiary/aromatic N) is 4. The lowest BCUT2D eigenvalue weighted by Crippen LogP contribution is -2.45. The standard InChI is InChI=1S/C19H23F3N6O2/c1-10(16(29)28-6-4-18(2-3-18)5-7-28)24-17-27-26-15(30-17)12-8-11(12)14-13(9-23-25-14)19(20,21)22/h9-12H,2-8H2,1H3,(H,23,25)(H,24,27)/t10-,11-,12+/m1/s1. The molecule has 1 saturated heterocycles. The van der Waals surface area contributed by atoms with Gasteiger partial charge in [-0.25, -0.2) is 0 Å². The summed E-state index contributed by atoms with van der Waals surface area (Å²) in [7, 11) is 0. The molecule has 5 rings (SSSR count). The first kappa shape index (κ1) is 19.4. The number of hydrogen-bond donors (Lipinski definition) is 2. The van der Waals surface area contributed by atoms with E-state index in [-0.39, 0.29) is 29.4 Å². The van der Waals surface area contributed by atoms with Gasteiger partial charge in [0.25, 0.3) is 0 Å². The SMILES string of the molecule is C[C@@H](Nc1nnc([C@H]2C[C@H]2c2n[nH]cc2C(F)(F)F)o1)C(=O)N1CCC2(CC1)CC2. The Morgan fingerprint density at radius 2 is 2.00 bits per heavy atom. The number of nitrogens with one attached hydrogen (secondary N) is 2. The van der Waals surface area contributed by atoms with Gasteiger partial charge in [-0.15, -0.1) is 5.10 Å². The molecule has 3 aliphatic rings. The van der Waals surface area contributed by atoms with Crippen LogP contribution in [0.2, 0.25) is 0 Å². The molecule has 2 saturated carbocycles. The number of carbonyl (C=O) groups excluding carboxylic acids is 1. The van der Waals surface area contributed by atoms with Crippen LogP contribution in [-0.2, 0) is 11.0 Å². The molecule has 3 fully saturated rings. The van der Waals surface area contributed by atoms with Gasteiger partial charge in [0.2, 0.25) is 11.8 Å². The monoisotopic (exact) mass is 424 g/mol. The first-order valence-corrected chi connectivity index (χ1v) is 10.3. The molecule has 2 N–H and O–H groups in total. The summed E-state index contributed by atoms with van der Waals surface area (Å²) in [5.74, 6) is -0.476. The van der Waals surface area contributed by atoms with Crippen LogP contribution in [0.25, 0.3) is 0 Å². The highest BCUT2D eigenvalue weighted by atomic mass is 19.4. The van der Waals surface area contributed by atoms with Gasteiger partial charge in [0, 0.05) is 31.1 Å². The normalized spacial score (nSPS) is 25.9. The Morgan fingerprint density at radius 3 is 2.67 bits per heavy atom. The number of piperidine rings is 1. The maximum absolute atomic E-state index is 13.1. The quantitative estimate of drug-likeness (QED) is 0.764. The molecule has 162 valence electrons. The predicted molar refractivity (Wildman–Crippen MR) is 98.6 cm³/mol. The molecule has 11 heteroatoms. The van der Waals surface area contributed by atoms with E-state index < -0.39 is 23.7 Å². The van der Waals surface area contributed by atoms with Gasteiger partial charge >= 0.3 is 12.2 Å². The Morgan fingerprint density at radius 1 is 1.27 bits per heavy atom. The fraction of sp³-hybridized carbons (Fsp3) is 0.684. The molecule has 1 amide bonds. The second-order valence-corrected chi connectivity index (χ2v) is 8.77. The van der Waals surface area contributed by atoms with Crippen LogP contribution in [0.15, 0.2) is 10.6 Å². The minimum absolute atomic E-state index is 0.0131. The number of hydrogen-bond acceptors (Lipinski definition) is 6. The van der Waals surface area contributed by atoms with Gasteiger partial charge < -0.3 is 14.6 Å². The summed E-state index contributed by atoms with van der Waals surface area (Å²) in [5.41, 5.74) is -0.292. The van der Waals surface area contributed by atoms with E-state index >= 15 is 0 Å². The second-order valence-electron chi connectivity index (χ2n) is 8.77. The van der Waals surface area contributed by atoms with E-state index in [1.165, 1.54) is 12.8 Å². The average Bonchev–Trinajstić information content (AvgIpc) is 3.54. The highest BCUT2D eigenvalue weighted by Gasteiger charge is 2.50. The van der Waals surface area contributed by atoms with Crippen LogP contribution in [0, 0.1) is 5.41 Å². The van der Waals surface area contributed by atoms with Gasteiger partial charge in [-0.2, -0.15) is 18.3 Å². The molecule has 1 spiro atoms. The largest absolute Gasteiger partial charge is 0.419 e. The van der Waals surface area contributed by atoms with E-state index in [9.17, 15) is 18.0 Å². The third-order valence-corrected chi connectivity index (χ3v) is 6.68. The number of anilines is 1. The van der Waals surface area contributed by atoms with Crippen molar-refractivity contribution in [2.45, 2.75) is 63.1 Å². The summed E-state index contributed by atoms with van der Waals surface area (Å²) >= 11 is 0. The molecular weight excluding hydrogens is 401 g/mol. The number of aromatic nitrogens is 4. The van der Waals surface area contributed by atoms with Gasteiger partial charge in [-0.1, -0.05) is 5.10 Å². The zero-order valence-electron chi connectivity index (χ0n) is 16.5. The van der Waals surface area contributed by atoms with E-state index in [2.05, 4.69) is 25.7 Å². The van der Waals surface area contributed by atoms with Crippen molar-refractivity contribution in [3.8, 4) is 0 Å². The molecule has 2 aliphatic carbocycles. The van der Waals surface area contributed by atoms with Crippen LogP contribution in [0.1, 0.15) is 68.0 Å². The molecule has 1 aliphatic heterocycles. The second kappa shape index (κ2) is 6.71. The molecule has 3 atom stereocenters. The molecule has 0 aromatic carbocycles. The van der Waals surface area contributed by atoms with Gasteiger partial charge in [0.05, 0.1) is 11.3 Å². The third-order valence-electron chi connectivity index (χ3n) is 6.68. The summed E-state index contributed by atoms with van der Waals surface area (Å²) in [6, 6.07) is -0.421. The molecule has 3 heterocycles. The number of halogens is 3. The van der Waals surface area contributed by atoms with Gasteiger partial charge in [-0.05, 0) is 44.4 Å². The molecule has 0 bridgehead atoms. The number of alkyl halides is 3. The maximum Gasteiger partial charge on any atom is 0.419 e. The Balaban J connectivity index is 1.18. The molecule has 30 heavy (non-hydrogen) atoms. The topological polar surface area (TPSA) is 99.9 Å². The Kier molecular flexibility index (Phi) is 4.33. The number of aromatic amines is 1. The van der Waals surface area contributed by atoms with Crippen molar-refractivity contribution < 1.29 is 22.4 Å². The number of H-pyrrole nitrogens is 1. The molecule has 2 aromatic rings. The molecular formula is C19H23F3N6O2. The van der Waals surface area contributed by atoms with Crippen molar-refractivity contribution in [3.05, 3.63) is 23.3 Å². The van der Waals surface area contributed by atoms with Gasteiger partial charge in [-0.3, -0.25) is 9.89 Å². The summed E-state index contributed by atoms with van der Waals surface area (Å²) in [4.78, 5) is 14.5. The summed E-state index contributed by atoms with van der Waals surface area (Å²) in [6.45, 7) is 3.29. The van der Waals surface area contributed by atoms with Crippen molar-refractivity contribution in [3.63, 3.8) is 0 Å². The lowest BCUT2D eigenvalue weighted by atomic mass is 9.93. The molecule has 0 unspecified atom stereocenters.